The molecule has 0 N–H and O–H groups in total. The zero-order valence-electron chi connectivity index (χ0n) is 13.4. The summed E-state index contributed by atoms with van der Waals surface area (Å²) in [4.78, 5) is 25.9. The van der Waals surface area contributed by atoms with Crippen molar-refractivity contribution >= 4 is 33.2 Å². The molecule has 0 aliphatic heterocycles. The number of benzene rings is 2. The van der Waals surface area contributed by atoms with E-state index in [1.165, 1.54) is 22.0 Å². The molecule has 4 nitrogen and oxygen atoms in total. The minimum Gasteiger partial charge on any atom is -0.287 e. The van der Waals surface area contributed by atoms with Gasteiger partial charge in [0.15, 0.2) is 0 Å². The molecule has 0 bridgehead atoms. The van der Waals surface area contributed by atoms with E-state index in [1.807, 2.05) is 0 Å². The van der Waals surface area contributed by atoms with E-state index in [0.717, 1.165) is 4.57 Å². The van der Waals surface area contributed by atoms with Crippen LogP contribution in [0.4, 0.5) is 4.39 Å². The van der Waals surface area contributed by atoms with Crippen molar-refractivity contribution < 1.29 is 4.39 Å². The van der Waals surface area contributed by atoms with Crippen molar-refractivity contribution in [2.75, 3.05) is 0 Å². The van der Waals surface area contributed by atoms with Gasteiger partial charge in [-0.15, -0.1) is 11.3 Å². The Bertz CT molecular complexity index is 1220. The van der Waals surface area contributed by atoms with E-state index in [2.05, 4.69) is 0 Å². The predicted octanol–water partition coefficient (Wildman–Crippen LogP) is 4.05. The van der Waals surface area contributed by atoms with Crippen molar-refractivity contribution in [3.05, 3.63) is 97.2 Å². The topological polar surface area (TPSA) is 44.0 Å². The second kappa shape index (κ2) is 6.55. The fraction of sp³-hybridized carbons (Fsp3) is 0.0526. The van der Waals surface area contributed by atoms with E-state index >= 15 is 0 Å². The third-order valence-corrected chi connectivity index (χ3v) is 5.27. The van der Waals surface area contributed by atoms with Gasteiger partial charge in [0.25, 0.3) is 5.56 Å². The van der Waals surface area contributed by atoms with Crippen molar-refractivity contribution in [2.24, 2.45) is 0 Å². The largest absolute Gasteiger partial charge is 0.336 e. The minimum atomic E-state index is -0.522. The normalized spacial score (nSPS) is 11.2. The SMILES string of the molecule is O=c1c2sccc2n(Cc2ccccc2F)c(=O)n1-c1ccc(Cl)cc1. The van der Waals surface area contributed by atoms with Gasteiger partial charge in [0.05, 0.1) is 17.7 Å². The first-order valence-corrected chi connectivity index (χ1v) is 9.04. The molecular weight excluding hydrogens is 375 g/mol. The van der Waals surface area contributed by atoms with Crippen LogP contribution in [0.1, 0.15) is 5.56 Å². The third kappa shape index (κ3) is 2.77. The lowest BCUT2D eigenvalue weighted by molar-refractivity contribution is 0.594. The molecule has 0 saturated carbocycles. The molecule has 0 fully saturated rings. The van der Waals surface area contributed by atoms with Crippen molar-refractivity contribution in [3.63, 3.8) is 0 Å². The highest BCUT2D eigenvalue weighted by Gasteiger charge is 2.16. The van der Waals surface area contributed by atoms with Gasteiger partial charge in [-0.2, -0.15) is 0 Å². The van der Waals surface area contributed by atoms with Crippen LogP contribution >= 0.6 is 22.9 Å². The molecule has 2 aromatic heterocycles. The Kier molecular flexibility index (Phi) is 4.22. The van der Waals surface area contributed by atoms with E-state index in [4.69, 9.17) is 11.6 Å². The Morgan fingerprint density at radius 2 is 1.73 bits per heavy atom. The third-order valence-electron chi connectivity index (χ3n) is 4.13. The molecule has 0 radical (unpaired) electrons. The van der Waals surface area contributed by atoms with Crippen molar-refractivity contribution in [1.82, 2.24) is 9.13 Å². The van der Waals surface area contributed by atoms with Crippen LogP contribution in [0.25, 0.3) is 15.9 Å². The van der Waals surface area contributed by atoms with Gasteiger partial charge in [-0.1, -0.05) is 29.8 Å². The number of hydrogen-bond acceptors (Lipinski definition) is 3. The van der Waals surface area contributed by atoms with Gasteiger partial charge in [0, 0.05) is 10.6 Å². The van der Waals surface area contributed by atoms with Crippen LogP contribution in [-0.2, 0) is 6.54 Å². The second-order valence-electron chi connectivity index (χ2n) is 5.71. The van der Waals surface area contributed by atoms with Crippen LogP contribution in [0.2, 0.25) is 5.02 Å². The number of hydrogen-bond donors (Lipinski definition) is 0. The molecular formula is C19H12ClFN2O2S. The van der Waals surface area contributed by atoms with Gasteiger partial charge in [0.2, 0.25) is 0 Å². The Labute approximate surface area is 156 Å². The Balaban J connectivity index is 2.00. The van der Waals surface area contributed by atoms with Crippen LogP contribution in [0.3, 0.4) is 0 Å². The standard InChI is InChI=1S/C19H12ClFN2O2S/c20-13-5-7-14(8-6-13)23-18(24)17-16(9-10-26-17)22(19(23)25)11-12-3-1-2-4-15(12)21/h1-10H,11H2. The summed E-state index contributed by atoms with van der Waals surface area (Å²) in [7, 11) is 0. The molecule has 26 heavy (non-hydrogen) atoms. The maximum absolute atomic E-state index is 14.1. The molecule has 7 heteroatoms. The average Bonchev–Trinajstić information content (AvgIpc) is 3.12. The molecule has 0 unspecified atom stereocenters. The van der Waals surface area contributed by atoms with Gasteiger partial charge >= 0.3 is 5.69 Å². The van der Waals surface area contributed by atoms with Gasteiger partial charge in [-0.25, -0.2) is 13.8 Å². The number of aromatic nitrogens is 2. The predicted molar refractivity (Wildman–Crippen MR) is 102 cm³/mol. The quantitative estimate of drug-likeness (QED) is 0.533. The number of rotatable bonds is 3. The molecule has 0 aliphatic rings. The first-order valence-electron chi connectivity index (χ1n) is 7.78. The molecule has 2 heterocycles. The zero-order valence-corrected chi connectivity index (χ0v) is 14.9. The Morgan fingerprint density at radius 3 is 2.46 bits per heavy atom. The Morgan fingerprint density at radius 1 is 1.00 bits per heavy atom. The maximum Gasteiger partial charge on any atom is 0.336 e. The number of halogens is 2. The van der Waals surface area contributed by atoms with E-state index in [-0.39, 0.29) is 6.54 Å². The highest BCUT2D eigenvalue weighted by Crippen LogP contribution is 2.19. The highest BCUT2D eigenvalue weighted by atomic mass is 35.5. The van der Waals surface area contributed by atoms with Gasteiger partial charge in [0.1, 0.15) is 10.5 Å². The van der Waals surface area contributed by atoms with Crippen molar-refractivity contribution in [1.29, 1.82) is 0 Å². The summed E-state index contributed by atoms with van der Waals surface area (Å²) in [5.41, 5.74) is 0.377. The Hall–Kier alpha value is -2.70. The first kappa shape index (κ1) is 16.8. The molecule has 4 rings (SSSR count). The summed E-state index contributed by atoms with van der Waals surface area (Å²) in [5.74, 6) is -0.396. The average molecular weight is 387 g/mol. The lowest BCUT2D eigenvalue weighted by Gasteiger charge is -2.13. The van der Waals surface area contributed by atoms with Crippen LogP contribution in [-0.4, -0.2) is 9.13 Å². The van der Waals surface area contributed by atoms with E-state index < -0.39 is 17.1 Å². The van der Waals surface area contributed by atoms with Crippen LogP contribution in [0, 0.1) is 5.82 Å². The maximum atomic E-state index is 14.1. The molecule has 2 aromatic carbocycles. The molecule has 0 amide bonds. The molecule has 0 saturated heterocycles. The van der Waals surface area contributed by atoms with Crippen molar-refractivity contribution in [2.45, 2.75) is 6.54 Å². The lowest BCUT2D eigenvalue weighted by Crippen LogP contribution is -2.38. The number of thiophene rings is 1. The smallest absolute Gasteiger partial charge is 0.287 e. The fourth-order valence-electron chi connectivity index (χ4n) is 2.85. The second-order valence-corrected chi connectivity index (χ2v) is 7.06. The van der Waals surface area contributed by atoms with Crippen LogP contribution in [0.15, 0.2) is 69.6 Å². The highest BCUT2D eigenvalue weighted by molar-refractivity contribution is 7.17. The summed E-state index contributed by atoms with van der Waals surface area (Å²) in [6.07, 6.45) is 0. The van der Waals surface area contributed by atoms with Gasteiger partial charge in [-0.3, -0.25) is 9.36 Å². The monoisotopic (exact) mass is 386 g/mol. The first-order chi connectivity index (χ1) is 12.6. The number of nitrogens with zero attached hydrogens (tertiary/aromatic N) is 2. The number of fused-ring (bicyclic) bond motifs is 1. The van der Waals surface area contributed by atoms with E-state index in [1.54, 1.807) is 53.9 Å². The summed E-state index contributed by atoms with van der Waals surface area (Å²) < 4.78 is 17.0. The van der Waals surface area contributed by atoms with Gasteiger partial charge in [-0.05, 0) is 41.8 Å². The van der Waals surface area contributed by atoms with Gasteiger partial charge < -0.3 is 0 Å². The molecule has 4 aromatic rings. The van der Waals surface area contributed by atoms with Crippen LogP contribution < -0.4 is 11.2 Å². The van der Waals surface area contributed by atoms with E-state index in [0.29, 0.717) is 26.5 Å². The fourth-order valence-corrected chi connectivity index (χ4v) is 3.80. The molecule has 0 atom stereocenters. The molecule has 130 valence electrons. The molecule has 0 spiro atoms. The van der Waals surface area contributed by atoms with E-state index in [9.17, 15) is 14.0 Å². The molecule has 0 aliphatic carbocycles. The summed E-state index contributed by atoms with van der Waals surface area (Å²) in [6, 6.07) is 14.4. The summed E-state index contributed by atoms with van der Waals surface area (Å²) in [5, 5.41) is 2.25. The van der Waals surface area contributed by atoms with Crippen LogP contribution in [0.5, 0.6) is 0 Å². The zero-order chi connectivity index (χ0) is 18.3. The van der Waals surface area contributed by atoms with Crippen molar-refractivity contribution in [3.8, 4) is 5.69 Å². The summed E-state index contributed by atoms with van der Waals surface area (Å²) >= 11 is 7.15. The minimum absolute atomic E-state index is 0.0343. The summed E-state index contributed by atoms with van der Waals surface area (Å²) in [6.45, 7) is 0.0343. The lowest BCUT2D eigenvalue weighted by atomic mass is 10.2.